The van der Waals surface area contributed by atoms with Crippen LogP contribution in [0.1, 0.15) is 12.0 Å². The largest absolute Gasteiger partial charge is 0.396 e. The average molecular weight is 270 g/mol. The van der Waals surface area contributed by atoms with Gasteiger partial charge in [0, 0.05) is 36.5 Å². The lowest BCUT2D eigenvalue weighted by Gasteiger charge is -2.12. The van der Waals surface area contributed by atoms with Crippen molar-refractivity contribution in [3.63, 3.8) is 0 Å². The van der Waals surface area contributed by atoms with E-state index in [1.165, 1.54) is 0 Å². The zero-order chi connectivity index (χ0) is 13.8. The van der Waals surface area contributed by atoms with E-state index in [4.69, 9.17) is 5.11 Å². The summed E-state index contributed by atoms with van der Waals surface area (Å²) >= 11 is 0. The van der Waals surface area contributed by atoms with Gasteiger partial charge in [0.25, 0.3) is 0 Å². The van der Waals surface area contributed by atoms with Crippen molar-refractivity contribution in [1.29, 1.82) is 0 Å². The second-order valence-electron chi connectivity index (χ2n) is 4.78. The fraction of sp³-hybridized carbons (Fsp3) is 0.333. The van der Waals surface area contributed by atoms with Gasteiger partial charge < -0.3 is 15.7 Å². The predicted molar refractivity (Wildman–Crippen MR) is 79.9 cm³/mol. The Kier molecular flexibility index (Phi) is 3.78. The number of aliphatic hydroxyl groups is 1. The maximum Gasteiger partial charge on any atom is 0.133 e. The molecule has 1 aliphatic heterocycles. The third-order valence-electron chi connectivity index (χ3n) is 3.45. The molecule has 3 N–H and O–H groups in total. The molecule has 0 aliphatic carbocycles. The molecule has 0 radical (unpaired) electrons. The van der Waals surface area contributed by atoms with Crippen molar-refractivity contribution in [3.05, 3.63) is 36.2 Å². The standard InChI is InChI=1S/C15H18N4O/c20-9-3-7-17-15-12-6-8-16-13-5-2-1-4-11(13)14(12)18-10-19-15/h1-2,4-5,10,16,20H,3,6-9H2,(H,17,18,19). The van der Waals surface area contributed by atoms with E-state index in [-0.39, 0.29) is 6.61 Å². The van der Waals surface area contributed by atoms with Crippen molar-refractivity contribution in [2.45, 2.75) is 12.8 Å². The van der Waals surface area contributed by atoms with Gasteiger partial charge in [-0.3, -0.25) is 0 Å². The number of hydrogen-bond acceptors (Lipinski definition) is 5. The number of hydrogen-bond donors (Lipinski definition) is 3. The Hall–Kier alpha value is -2.14. The van der Waals surface area contributed by atoms with Crippen molar-refractivity contribution in [2.75, 3.05) is 30.3 Å². The lowest BCUT2D eigenvalue weighted by molar-refractivity contribution is 0.292. The maximum atomic E-state index is 8.88. The van der Waals surface area contributed by atoms with Gasteiger partial charge in [-0.2, -0.15) is 0 Å². The summed E-state index contributed by atoms with van der Waals surface area (Å²) in [7, 11) is 0. The highest BCUT2D eigenvalue weighted by atomic mass is 16.3. The molecule has 0 unspecified atom stereocenters. The molecule has 2 aromatic rings. The minimum absolute atomic E-state index is 0.185. The van der Waals surface area contributed by atoms with Gasteiger partial charge in [0.15, 0.2) is 0 Å². The Morgan fingerprint density at radius 3 is 3.05 bits per heavy atom. The van der Waals surface area contributed by atoms with Gasteiger partial charge in [-0.1, -0.05) is 18.2 Å². The van der Waals surface area contributed by atoms with E-state index in [1.54, 1.807) is 6.33 Å². The number of fused-ring (bicyclic) bond motifs is 3. The van der Waals surface area contributed by atoms with E-state index in [0.29, 0.717) is 6.42 Å². The molecular weight excluding hydrogens is 252 g/mol. The van der Waals surface area contributed by atoms with Crippen LogP contribution in [0.25, 0.3) is 11.3 Å². The zero-order valence-corrected chi connectivity index (χ0v) is 11.3. The van der Waals surface area contributed by atoms with E-state index < -0.39 is 0 Å². The van der Waals surface area contributed by atoms with E-state index in [9.17, 15) is 0 Å². The molecule has 0 spiro atoms. The first-order valence-corrected chi connectivity index (χ1v) is 6.92. The maximum absolute atomic E-state index is 8.88. The first-order valence-electron chi connectivity index (χ1n) is 6.92. The molecule has 5 nitrogen and oxygen atoms in total. The molecule has 5 heteroatoms. The predicted octanol–water partition coefficient (Wildman–Crippen LogP) is 1.91. The number of rotatable bonds is 4. The molecule has 0 saturated carbocycles. The Morgan fingerprint density at radius 2 is 2.15 bits per heavy atom. The SMILES string of the molecule is OCCCNc1ncnc2c1CCNc1ccccc1-2. The third kappa shape index (κ3) is 2.44. The molecule has 104 valence electrons. The summed E-state index contributed by atoms with van der Waals surface area (Å²) in [5.41, 5.74) is 4.37. The van der Waals surface area contributed by atoms with Gasteiger partial charge in [0.2, 0.25) is 0 Å². The highest BCUT2D eigenvalue weighted by molar-refractivity contribution is 5.80. The minimum Gasteiger partial charge on any atom is -0.396 e. The Balaban J connectivity index is 2.00. The van der Waals surface area contributed by atoms with Crippen LogP contribution in [0.2, 0.25) is 0 Å². The van der Waals surface area contributed by atoms with Crippen molar-refractivity contribution in [1.82, 2.24) is 9.97 Å². The molecule has 0 saturated heterocycles. The topological polar surface area (TPSA) is 70.1 Å². The summed E-state index contributed by atoms with van der Waals surface area (Å²) in [6.45, 7) is 1.77. The highest BCUT2D eigenvalue weighted by Gasteiger charge is 2.18. The van der Waals surface area contributed by atoms with Crippen molar-refractivity contribution in [2.24, 2.45) is 0 Å². The van der Waals surface area contributed by atoms with Crippen LogP contribution < -0.4 is 10.6 Å². The summed E-state index contributed by atoms with van der Waals surface area (Å²) < 4.78 is 0. The van der Waals surface area contributed by atoms with Crippen LogP contribution in [0.15, 0.2) is 30.6 Å². The van der Waals surface area contributed by atoms with Crippen LogP contribution in [0, 0.1) is 0 Å². The van der Waals surface area contributed by atoms with Gasteiger partial charge >= 0.3 is 0 Å². The number of nitrogens with one attached hydrogen (secondary N) is 2. The summed E-state index contributed by atoms with van der Waals surface area (Å²) in [4.78, 5) is 8.82. The van der Waals surface area contributed by atoms with E-state index in [1.807, 2.05) is 12.1 Å². The number of aliphatic hydroxyl groups excluding tert-OH is 1. The molecule has 0 atom stereocenters. The van der Waals surface area contributed by atoms with E-state index in [2.05, 4.69) is 32.7 Å². The number of benzene rings is 1. The highest BCUT2D eigenvalue weighted by Crippen LogP contribution is 2.33. The zero-order valence-electron chi connectivity index (χ0n) is 11.3. The third-order valence-corrected chi connectivity index (χ3v) is 3.45. The van der Waals surface area contributed by atoms with Gasteiger partial charge in [-0.15, -0.1) is 0 Å². The quantitative estimate of drug-likeness (QED) is 0.740. The molecule has 3 rings (SSSR count). The number of para-hydroxylation sites is 1. The van der Waals surface area contributed by atoms with Crippen LogP contribution in [0.5, 0.6) is 0 Å². The summed E-state index contributed by atoms with van der Waals surface area (Å²) in [5.74, 6) is 0.877. The number of anilines is 2. The summed E-state index contributed by atoms with van der Waals surface area (Å²) in [6, 6.07) is 8.21. The van der Waals surface area contributed by atoms with Crippen LogP contribution in [-0.4, -0.2) is 34.8 Å². The van der Waals surface area contributed by atoms with Crippen LogP contribution in [-0.2, 0) is 6.42 Å². The Morgan fingerprint density at radius 1 is 1.25 bits per heavy atom. The molecular formula is C15H18N4O. The van der Waals surface area contributed by atoms with Crippen molar-refractivity contribution >= 4 is 11.5 Å². The van der Waals surface area contributed by atoms with Crippen LogP contribution >= 0.6 is 0 Å². The first kappa shape index (κ1) is 12.9. The summed E-state index contributed by atoms with van der Waals surface area (Å²) in [5, 5.41) is 15.6. The molecule has 2 heterocycles. The molecule has 1 aromatic heterocycles. The minimum atomic E-state index is 0.185. The molecule has 0 amide bonds. The fourth-order valence-corrected chi connectivity index (χ4v) is 2.49. The molecule has 0 bridgehead atoms. The molecule has 1 aromatic carbocycles. The first-order chi connectivity index (χ1) is 9.90. The van der Waals surface area contributed by atoms with Gasteiger partial charge in [-0.05, 0) is 18.9 Å². The fourth-order valence-electron chi connectivity index (χ4n) is 2.49. The number of nitrogens with zero attached hydrogens (tertiary/aromatic N) is 2. The van der Waals surface area contributed by atoms with Crippen molar-refractivity contribution < 1.29 is 5.11 Å². The van der Waals surface area contributed by atoms with Gasteiger partial charge in [0.1, 0.15) is 12.1 Å². The average Bonchev–Trinajstić information content (AvgIpc) is 2.68. The monoisotopic (exact) mass is 270 g/mol. The Bertz CT molecular complexity index is 600. The Labute approximate surface area is 118 Å². The van der Waals surface area contributed by atoms with Crippen LogP contribution in [0.4, 0.5) is 11.5 Å². The van der Waals surface area contributed by atoms with Gasteiger partial charge in [-0.25, -0.2) is 9.97 Å². The normalized spacial score (nSPS) is 12.8. The summed E-state index contributed by atoms with van der Waals surface area (Å²) in [6.07, 6.45) is 3.20. The lowest BCUT2D eigenvalue weighted by Crippen LogP contribution is -2.10. The van der Waals surface area contributed by atoms with Gasteiger partial charge in [0.05, 0.1) is 5.69 Å². The second-order valence-corrected chi connectivity index (χ2v) is 4.78. The van der Waals surface area contributed by atoms with E-state index >= 15 is 0 Å². The molecule has 20 heavy (non-hydrogen) atoms. The molecule has 1 aliphatic rings. The number of aromatic nitrogens is 2. The smallest absolute Gasteiger partial charge is 0.133 e. The lowest BCUT2D eigenvalue weighted by atomic mass is 10.0. The van der Waals surface area contributed by atoms with Crippen LogP contribution in [0.3, 0.4) is 0 Å². The van der Waals surface area contributed by atoms with E-state index in [0.717, 1.165) is 47.8 Å². The van der Waals surface area contributed by atoms with Crippen molar-refractivity contribution in [3.8, 4) is 11.3 Å². The second kappa shape index (κ2) is 5.88. The molecule has 0 fully saturated rings.